The van der Waals surface area contributed by atoms with Crippen LogP contribution in [0.4, 0.5) is 0 Å². The second-order valence-electron chi connectivity index (χ2n) is 3.24. The van der Waals surface area contributed by atoms with Crippen molar-refractivity contribution in [1.82, 2.24) is 4.98 Å². The Bertz CT molecular complexity index is 352. The predicted molar refractivity (Wildman–Crippen MR) is 62.2 cm³/mol. The van der Waals surface area contributed by atoms with Crippen molar-refractivity contribution >= 4 is 11.6 Å². The van der Waals surface area contributed by atoms with Crippen LogP contribution < -0.4 is 10.5 Å². The lowest BCUT2D eigenvalue weighted by atomic mass is 10.2. The molecule has 0 aliphatic rings. The van der Waals surface area contributed by atoms with Gasteiger partial charge in [0.05, 0.1) is 5.69 Å². The fourth-order valence-electron chi connectivity index (χ4n) is 1.20. The Hall–Kier alpha value is -1.06. The van der Waals surface area contributed by atoms with E-state index in [1.165, 1.54) is 0 Å². The van der Waals surface area contributed by atoms with Crippen LogP contribution in [0.2, 0.25) is 0 Å². The fraction of sp³-hybridized carbons (Fsp3) is 0.364. The van der Waals surface area contributed by atoms with Crippen LogP contribution in [0.25, 0.3) is 0 Å². The maximum absolute atomic E-state index is 5.62. The third-order valence-corrected chi connectivity index (χ3v) is 1.95. The first-order valence-corrected chi connectivity index (χ1v) is 5.14. The summed E-state index contributed by atoms with van der Waals surface area (Å²) in [6.07, 6.45) is 0.700. The molecule has 0 unspecified atom stereocenters. The summed E-state index contributed by atoms with van der Waals surface area (Å²) in [5.41, 5.74) is 7.32. The summed E-state index contributed by atoms with van der Waals surface area (Å²) >= 11 is 5.62. The summed E-state index contributed by atoms with van der Waals surface area (Å²) in [5.74, 6) is 0.729. The lowest BCUT2D eigenvalue weighted by Crippen LogP contribution is -2.08. The van der Waals surface area contributed by atoms with E-state index < -0.39 is 0 Å². The first kappa shape index (κ1) is 12.0. The van der Waals surface area contributed by atoms with Crippen LogP contribution in [0, 0.1) is 6.92 Å². The summed E-state index contributed by atoms with van der Waals surface area (Å²) in [5, 5.41) is 0.467. The Labute approximate surface area is 94.9 Å². The number of nitrogens with two attached hydrogens (primary N) is 1. The van der Waals surface area contributed by atoms with Gasteiger partial charge in [-0.3, -0.25) is 4.98 Å². The van der Waals surface area contributed by atoms with Crippen molar-refractivity contribution in [2.24, 2.45) is 5.73 Å². The molecule has 1 aromatic rings. The van der Waals surface area contributed by atoms with Crippen molar-refractivity contribution in [3.05, 3.63) is 35.1 Å². The number of halogens is 1. The van der Waals surface area contributed by atoms with Crippen LogP contribution in [0.1, 0.15) is 11.4 Å². The van der Waals surface area contributed by atoms with E-state index in [0.29, 0.717) is 24.6 Å². The molecule has 0 spiro atoms. The van der Waals surface area contributed by atoms with Crippen LogP contribution >= 0.6 is 11.6 Å². The number of nitrogens with zero attached hydrogens (tertiary/aromatic N) is 1. The summed E-state index contributed by atoms with van der Waals surface area (Å²) in [4.78, 5) is 4.36. The zero-order chi connectivity index (χ0) is 11.3. The number of pyridine rings is 1. The minimum Gasteiger partial charge on any atom is -0.486 e. The minimum atomic E-state index is 0.296. The van der Waals surface area contributed by atoms with E-state index in [1.807, 2.05) is 19.1 Å². The van der Waals surface area contributed by atoms with Crippen LogP contribution in [0.5, 0.6) is 5.75 Å². The zero-order valence-electron chi connectivity index (χ0n) is 8.79. The lowest BCUT2D eigenvalue weighted by molar-refractivity contribution is 0.353. The maximum Gasteiger partial charge on any atom is 0.141 e. The highest BCUT2D eigenvalue weighted by atomic mass is 35.5. The second-order valence-corrected chi connectivity index (χ2v) is 3.78. The first-order chi connectivity index (χ1) is 7.13. The quantitative estimate of drug-likeness (QED) is 0.836. The van der Waals surface area contributed by atoms with Crippen molar-refractivity contribution in [2.45, 2.75) is 13.3 Å². The van der Waals surface area contributed by atoms with E-state index in [1.54, 1.807) is 0 Å². The molecule has 0 aromatic carbocycles. The molecular formula is C11H15ClN2O. The topological polar surface area (TPSA) is 48.1 Å². The molecule has 0 bridgehead atoms. The molecule has 82 valence electrons. The first-order valence-electron chi connectivity index (χ1n) is 4.76. The Morgan fingerprint density at radius 2 is 2.33 bits per heavy atom. The maximum atomic E-state index is 5.62. The summed E-state index contributed by atoms with van der Waals surface area (Å²) in [6, 6.07) is 3.78. The second kappa shape index (κ2) is 5.73. The molecule has 0 radical (unpaired) electrons. The van der Waals surface area contributed by atoms with Crippen LogP contribution in [-0.2, 0) is 6.42 Å². The van der Waals surface area contributed by atoms with Crippen molar-refractivity contribution in [2.75, 3.05) is 13.2 Å². The normalized spacial score (nSPS) is 10.1. The number of hydrogen-bond donors (Lipinski definition) is 1. The Morgan fingerprint density at radius 1 is 1.60 bits per heavy atom. The van der Waals surface area contributed by atoms with E-state index in [0.717, 1.165) is 17.1 Å². The Morgan fingerprint density at radius 3 is 2.93 bits per heavy atom. The summed E-state index contributed by atoms with van der Waals surface area (Å²) in [6.45, 7) is 6.34. The van der Waals surface area contributed by atoms with Crippen molar-refractivity contribution < 1.29 is 4.74 Å². The third-order valence-electron chi connectivity index (χ3n) is 1.84. The molecule has 4 heteroatoms. The van der Waals surface area contributed by atoms with Gasteiger partial charge in [0.1, 0.15) is 12.4 Å². The number of aromatic nitrogens is 1. The van der Waals surface area contributed by atoms with E-state index in [-0.39, 0.29) is 0 Å². The van der Waals surface area contributed by atoms with Gasteiger partial charge >= 0.3 is 0 Å². The minimum absolute atomic E-state index is 0.296. The summed E-state index contributed by atoms with van der Waals surface area (Å²) < 4.78 is 5.46. The van der Waals surface area contributed by atoms with Gasteiger partial charge in [-0.1, -0.05) is 18.2 Å². The molecule has 1 rings (SSSR count). The highest BCUT2D eigenvalue weighted by Gasteiger charge is 2.05. The van der Waals surface area contributed by atoms with Gasteiger partial charge in [0.15, 0.2) is 0 Å². The molecule has 0 atom stereocenters. The molecule has 15 heavy (non-hydrogen) atoms. The monoisotopic (exact) mass is 226 g/mol. The van der Waals surface area contributed by atoms with Gasteiger partial charge in [0.25, 0.3) is 0 Å². The molecule has 1 heterocycles. The average Bonchev–Trinajstić information content (AvgIpc) is 2.17. The number of aryl methyl sites for hydroxylation is 1. The average molecular weight is 227 g/mol. The van der Waals surface area contributed by atoms with Gasteiger partial charge in [-0.25, -0.2) is 0 Å². The van der Waals surface area contributed by atoms with Crippen molar-refractivity contribution in [3.8, 4) is 5.75 Å². The Kier molecular flexibility index (Phi) is 4.59. The van der Waals surface area contributed by atoms with Gasteiger partial charge in [-0.15, -0.1) is 0 Å². The summed E-state index contributed by atoms with van der Waals surface area (Å²) in [7, 11) is 0. The lowest BCUT2D eigenvalue weighted by Gasteiger charge is -2.10. The molecule has 2 N–H and O–H groups in total. The molecule has 0 saturated heterocycles. The van der Waals surface area contributed by atoms with Gasteiger partial charge in [-0.05, 0) is 25.6 Å². The molecule has 0 fully saturated rings. The predicted octanol–water partition coefficient (Wildman–Crippen LogP) is 2.02. The van der Waals surface area contributed by atoms with E-state index in [2.05, 4.69) is 11.6 Å². The third kappa shape index (κ3) is 3.90. The fourth-order valence-corrected chi connectivity index (χ4v) is 1.26. The molecule has 3 nitrogen and oxygen atoms in total. The highest BCUT2D eigenvalue weighted by Crippen LogP contribution is 2.18. The van der Waals surface area contributed by atoms with E-state index >= 15 is 0 Å². The molecule has 1 aromatic heterocycles. The van der Waals surface area contributed by atoms with Gasteiger partial charge in [-0.2, -0.15) is 0 Å². The molecule has 0 saturated carbocycles. The molecule has 0 aliphatic carbocycles. The van der Waals surface area contributed by atoms with E-state index in [4.69, 9.17) is 22.1 Å². The van der Waals surface area contributed by atoms with Gasteiger partial charge < -0.3 is 10.5 Å². The SMILES string of the molecule is C=C(Cl)COc1ccc(C)nc1CCN. The Balaban J connectivity index is 2.80. The standard InChI is InChI=1S/C11H15ClN2O/c1-8(12)7-15-11-4-3-9(2)14-10(11)5-6-13/h3-4H,1,5-7,13H2,2H3. The smallest absolute Gasteiger partial charge is 0.141 e. The number of ether oxygens (including phenoxy) is 1. The zero-order valence-corrected chi connectivity index (χ0v) is 9.55. The molecule has 0 amide bonds. The highest BCUT2D eigenvalue weighted by molar-refractivity contribution is 6.29. The van der Waals surface area contributed by atoms with Crippen molar-refractivity contribution in [3.63, 3.8) is 0 Å². The van der Waals surface area contributed by atoms with Crippen LogP contribution in [-0.4, -0.2) is 18.1 Å². The van der Waals surface area contributed by atoms with E-state index in [9.17, 15) is 0 Å². The van der Waals surface area contributed by atoms with Gasteiger partial charge in [0, 0.05) is 17.1 Å². The van der Waals surface area contributed by atoms with Crippen LogP contribution in [0.3, 0.4) is 0 Å². The number of hydrogen-bond acceptors (Lipinski definition) is 3. The number of rotatable bonds is 5. The molecular weight excluding hydrogens is 212 g/mol. The van der Waals surface area contributed by atoms with Crippen LogP contribution in [0.15, 0.2) is 23.7 Å². The van der Waals surface area contributed by atoms with Crippen molar-refractivity contribution in [1.29, 1.82) is 0 Å². The molecule has 0 aliphatic heterocycles. The largest absolute Gasteiger partial charge is 0.486 e. The van der Waals surface area contributed by atoms with Gasteiger partial charge in [0.2, 0.25) is 0 Å².